The van der Waals surface area contributed by atoms with E-state index in [2.05, 4.69) is 10.1 Å². The Morgan fingerprint density at radius 3 is 2.46 bits per heavy atom. The van der Waals surface area contributed by atoms with E-state index in [4.69, 9.17) is 0 Å². The van der Waals surface area contributed by atoms with E-state index >= 15 is 0 Å². The molecule has 9 heteroatoms. The second kappa shape index (κ2) is 7.87. The zero-order valence-electron chi connectivity index (χ0n) is 14.5. The van der Waals surface area contributed by atoms with Crippen LogP contribution in [0.25, 0.3) is 0 Å². The standard InChI is InChI=1S/C19H16F4N2O3/c20-15-3-1-2-4-16(15)24-18(27)13-9-17(26)25(11-13)10-12-5-7-14(8-6-12)28-19(21,22)23/h1-8,13H,9-11H2,(H,24,27). The molecule has 0 saturated carbocycles. The van der Waals surface area contributed by atoms with Crippen molar-refractivity contribution in [2.75, 3.05) is 11.9 Å². The van der Waals surface area contributed by atoms with Gasteiger partial charge in [0.2, 0.25) is 11.8 Å². The molecule has 0 bridgehead atoms. The number of hydrogen-bond donors (Lipinski definition) is 1. The van der Waals surface area contributed by atoms with Crippen molar-refractivity contribution in [1.29, 1.82) is 0 Å². The topological polar surface area (TPSA) is 58.6 Å². The Morgan fingerprint density at radius 1 is 1.14 bits per heavy atom. The number of nitrogens with zero attached hydrogens (tertiary/aromatic N) is 1. The molecule has 28 heavy (non-hydrogen) atoms. The number of amides is 2. The minimum atomic E-state index is -4.77. The lowest BCUT2D eigenvalue weighted by Crippen LogP contribution is -2.28. The largest absolute Gasteiger partial charge is 0.573 e. The van der Waals surface area contributed by atoms with Gasteiger partial charge in [0.15, 0.2) is 0 Å². The van der Waals surface area contributed by atoms with E-state index < -0.39 is 24.0 Å². The van der Waals surface area contributed by atoms with Gasteiger partial charge in [-0.2, -0.15) is 0 Å². The summed E-state index contributed by atoms with van der Waals surface area (Å²) in [4.78, 5) is 25.9. The van der Waals surface area contributed by atoms with Crippen LogP contribution in [0, 0.1) is 11.7 Å². The van der Waals surface area contributed by atoms with Crippen LogP contribution in [0.15, 0.2) is 48.5 Å². The molecule has 148 valence electrons. The van der Waals surface area contributed by atoms with Crippen molar-refractivity contribution < 1.29 is 31.9 Å². The Bertz CT molecular complexity index is 868. The number of carbonyl (C=O) groups excluding carboxylic acids is 2. The maximum Gasteiger partial charge on any atom is 0.573 e. The third-order valence-electron chi connectivity index (χ3n) is 4.25. The molecule has 1 aliphatic rings. The molecule has 1 heterocycles. The normalized spacial score (nSPS) is 16.9. The highest BCUT2D eigenvalue weighted by Crippen LogP contribution is 2.25. The van der Waals surface area contributed by atoms with E-state index in [1.165, 1.54) is 35.2 Å². The third-order valence-corrected chi connectivity index (χ3v) is 4.25. The van der Waals surface area contributed by atoms with Gasteiger partial charge >= 0.3 is 6.36 Å². The van der Waals surface area contributed by atoms with Gasteiger partial charge in [-0.15, -0.1) is 13.2 Å². The quantitative estimate of drug-likeness (QED) is 0.784. The molecule has 0 spiro atoms. The van der Waals surface area contributed by atoms with Crippen LogP contribution in [0.1, 0.15) is 12.0 Å². The predicted molar refractivity (Wildman–Crippen MR) is 91.7 cm³/mol. The SMILES string of the molecule is O=C(Nc1ccccc1F)C1CC(=O)N(Cc2ccc(OC(F)(F)F)cc2)C1. The molecule has 1 N–H and O–H groups in total. The smallest absolute Gasteiger partial charge is 0.406 e. The summed E-state index contributed by atoms with van der Waals surface area (Å²) in [5.74, 6) is -2.29. The number of hydrogen-bond acceptors (Lipinski definition) is 3. The van der Waals surface area contributed by atoms with Crippen molar-refractivity contribution in [3.05, 3.63) is 59.9 Å². The van der Waals surface area contributed by atoms with Gasteiger partial charge in [-0.05, 0) is 29.8 Å². The highest BCUT2D eigenvalue weighted by Gasteiger charge is 2.34. The van der Waals surface area contributed by atoms with Gasteiger partial charge in [0, 0.05) is 19.5 Å². The lowest BCUT2D eigenvalue weighted by atomic mass is 10.1. The van der Waals surface area contributed by atoms with E-state index in [0.717, 1.165) is 12.1 Å². The zero-order chi connectivity index (χ0) is 20.3. The Kier molecular flexibility index (Phi) is 5.53. The number of ether oxygens (including phenoxy) is 1. The van der Waals surface area contributed by atoms with Crippen molar-refractivity contribution in [3.63, 3.8) is 0 Å². The van der Waals surface area contributed by atoms with Crippen LogP contribution in [0.4, 0.5) is 23.2 Å². The minimum absolute atomic E-state index is 0.0183. The average molecular weight is 396 g/mol. The first-order valence-corrected chi connectivity index (χ1v) is 8.39. The molecule has 2 aromatic carbocycles. The highest BCUT2D eigenvalue weighted by molar-refractivity contribution is 5.97. The molecule has 1 fully saturated rings. The van der Waals surface area contributed by atoms with Crippen LogP contribution >= 0.6 is 0 Å². The van der Waals surface area contributed by atoms with Gasteiger partial charge in [0.25, 0.3) is 0 Å². The molecule has 0 aliphatic carbocycles. The summed E-state index contributed by atoms with van der Waals surface area (Å²) >= 11 is 0. The number of benzene rings is 2. The Hall–Kier alpha value is -3.10. The molecule has 0 aromatic heterocycles. The Labute approximate surface area is 157 Å². The van der Waals surface area contributed by atoms with Crippen LogP contribution in [0.2, 0.25) is 0 Å². The fourth-order valence-corrected chi connectivity index (χ4v) is 2.91. The molecule has 1 atom stereocenters. The van der Waals surface area contributed by atoms with Gasteiger partial charge in [-0.3, -0.25) is 9.59 Å². The Balaban J connectivity index is 1.58. The molecular weight excluding hydrogens is 380 g/mol. The van der Waals surface area contributed by atoms with Gasteiger partial charge in [0.1, 0.15) is 11.6 Å². The number of alkyl halides is 3. The molecule has 2 amide bonds. The first kappa shape index (κ1) is 19.7. The number of rotatable bonds is 5. The summed E-state index contributed by atoms with van der Waals surface area (Å²) in [6.45, 7) is 0.286. The van der Waals surface area contributed by atoms with E-state index in [1.807, 2.05) is 0 Å². The lowest BCUT2D eigenvalue weighted by Gasteiger charge is -2.17. The molecule has 5 nitrogen and oxygen atoms in total. The second-order valence-electron chi connectivity index (χ2n) is 6.34. The molecule has 1 saturated heterocycles. The predicted octanol–water partition coefficient (Wildman–Crippen LogP) is 3.71. The van der Waals surface area contributed by atoms with Crippen molar-refractivity contribution in [2.45, 2.75) is 19.3 Å². The van der Waals surface area contributed by atoms with Gasteiger partial charge in [0.05, 0.1) is 11.6 Å². The lowest BCUT2D eigenvalue weighted by molar-refractivity contribution is -0.274. The number of anilines is 1. The number of nitrogens with one attached hydrogen (secondary N) is 1. The van der Waals surface area contributed by atoms with Crippen LogP contribution in [0.5, 0.6) is 5.75 Å². The number of para-hydroxylation sites is 1. The number of halogens is 4. The zero-order valence-corrected chi connectivity index (χ0v) is 14.5. The van der Waals surface area contributed by atoms with Gasteiger partial charge < -0.3 is 15.0 Å². The van der Waals surface area contributed by atoms with Gasteiger partial charge in [-0.25, -0.2) is 4.39 Å². The van der Waals surface area contributed by atoms with Gasteiger partial charge in [-0.1, -0.05) is 24.3 Å². The fraction of sp³-hybridized carbons (Fsp3) is 0.263. The van der Waals surface area contributed by atoms with E-state index in [1.54, 1.807) is 6.07 Å². The fourth-order valence-electron chi connectivity index (χ4n) is 2.91. The van der Waals surface area contributed by atoms with E-state index in [0.29, 0.717) is 5.56 Å². The van der Waals surface area contributed by atoms with Crippen molar-refractivity contribution in [2.24, 2.45) is 5.92 Å². The number of likely N-dealkylation sites (tertiary alicyclic amines) is 1. The number of carbonyl (C=O) groups is 2. The van der Waals surface area contributed by atoms with Crippen molar-refractivity contribution in [1.82, 2.24) is 4.90 Å². The molecule has 3 rings (SSSR count). The van der Waals surface area contributed by atoms with Crippen molar-refractivity contribution in [3.8, 4) is 5.75 Å². The van der Waals surface area contributed by atoms with E-state index in [-0.39, 0.29) is 36.9 Å². The Morgan fingerprint density at radius 2 is 1.82 bits per heavy atom. The van der Waals surface area contributed by atoms with E-state index in [9.17, 15) is 27.2 Å². The van der Waals surface area contributed by atoms with Crippen molar-refractivity contribution >= 4 is 17.5 Å². The minimum Gasteiger partial charge on any atom is -0.406 e. The molecule has 0 radical (unpaired) electrons. The summed E-state index contributed by atoms with van der Waals surface area (Å²) < 4.78 is 54.0. The highest BCUT2D eigenvalue weighted by atomic mass is 19.4. The maximum absolute atomic E-state index is 13.6. The first-order chi connectivity index (χ1) is 13.2. The summed E-state index contributed by atoms with van der Waals surface area (Å²) in [5, 5.41) is 2.47. The third kappa shape index (κ3) is 4.99. The van der Waals surface area contributed by atoms with Crippen LogP contribution < -0.4 is 10.1 Å². The summed E-state index contributed by atoms with van der Waals surface area (Å²) in [6.07, 6.45) is -4.79. The monoisotopic (exact) mass is 396 g/mol. The summed E-state index contributed by atoms with van der Waals surface area (Å²) in [7, 11) is 0. The molecule has 1 aliphatic heterocycles. The summed E-state index contributed by atoms with van der Waals surface area (Å²) in [6, 6.07) is 10.9. The molecule has 1 unspecified atom stereocenters. The summed E-state index contributed by atoms with van der Waals surface area (Å²) in [5.41, 5.74) is 0.636. The van der Waals surface area contributed by atoms with Crippen LogP contribution in [-0.4, -0.2) is 29.6 Å². The average Bonchev–Trinajstić information content (AvgIpc) is 2.98. The molecule has 2 aromatic rings. The first-order valence-electron chi connectivity index (χ1n) is 8.39. The maximum atomic E-state index is 13.6. The molecular formula is C19H16F4N2O3. The second-order valence-corrected chi connectivity index (χ2v) is 6.34. The van der Waals surface area contributed by atoms with Crippen LogP contribution in [0.3, 0.4) is 0 Å². The van der Waals surface area contributed by atoms with Crippen LogP contribution in [-0.2, 0) is 16.1 Å².